The summed E-state index contributed by atoms with van der Waals surface area (Å²) in [5.41, 5.74) is 13.3. The second-order valence-corrected chi connectivity index (χ2v) is 11.8. The van der Waals surface area contributed by atoms with Crippen molar-refractivity contribution in [2.75, 3.05) is 4.90 Å². The molecule has 5 aromatic carbocycles. The molecule has 0 saturated heterocycles. The Kier molecular flexibility index (Phi) is 5.43. The van der Waals surface area contributed by atoms with Gasteiger partial charge in [0.2, 0.25) is 0 Å². The van der Waals surface area contributed by atoms with E-state index < -0.39 is 0 Å². The molecule has 39 heavy (non-hydrogen) atoms. The Balaban J connectivity index is 1.18. The Bertz CT molecular complexity index is 1630. The normalized spacial score (nSPS) is 20.6. The van der Waals surface area contributed by atoms with E-state index in [1.54, 1.807) is 0 Å². The predicted octanol–water partition coefficient (Wildman–Crippen LogP) is 10.3. The van der Waals surface area contributed by atoms with Crippen molar-refractivity contribution >= 4 is 17.1 Å². The van der Waals surface area contributed by atoms with E-state index in [0.717, 1.165) is 24.2 Å². The van der Waals surface area contributed by atoms with Gasteiger partial charge >= 0.3 is 0 Å². The van der Waals surface area contributed by atoms with Crippen LogP contribution < -0.4 is 4.90 Å². The van der Waals surface area contributed by atoms with Crippen LogP contribution in [0, 0.1) is 11.8 Å². The number of benzene rings is 5. The molecule has 1 nitrogen and oxygen atoms in total. The summed E-state index contributed by atoms with van der Waals surface area (Å²) in [5.74, 6) is 2.63. The molecule has 0 N–H and O–H groups in total. The number of rotatable bonds is 5. The molecule has 5 aromatic rings. The lowest BCUT2D eigenvalue weighted by atomic mass is 9.83. The third-order valence-electron chi connectivity index (χ3n) is 9.59. The lowest BCUT2D eigenvalue weighted by molar-refractivity contribution is 0.420. The van der Waals surface area contributed by atoms with Crippen molar-refractivity contribution in [3.8, 4) is 22.3 Å². The highest BCUT2D eigenvalue weighted by Crippen LogP contribution is 2.53. The summed E-state index contributed by atoms with van der Waals surface area (Å²) in [6.45, 7) is 0. The van der Waals surface area contributed by atoms with Gasteiger partial charge in [0.1, 0.15) is 0 Å². The quantitative estimate of drug-likeness (QED) is 0.226. The minimum absolute atomic E-state index is 0.759. The molecule has 0 radical (unpaired) electrons. The van der Waals surface area contributed by atoms with E-state index in [1.165, 1.54) is 81.7 Å². The molecule has 0 aliphatic heterocycles. The van der Waals surface area contributed by atoms with Crippen molar-refractivity contribution in [1.29, 1.82) is 0 Å². The second-order valence-electron chi connectivity index (χ2n) is 11.8. The van der Waals surface area contributed by atoms with Crippen LogP contribution >= 0.6 is 0 Å². The van der Waals surface area contributed by atoms with Gasteiger partial charge in [0, 0.05) is 17.1 Å². The lowest BCUT2D eigenvalue weighted by Crippen LogP contribution is -2.12. The van der Waals surface area contributed by atoms with Crippen molar-refractivity contribution in [2.45, 2.75) is 38.0 Å². The Hall–Kier alpha value is -4.10. The van der Waals surface area contributed by atoms with E-state index in [1.807, 2.05) is 0 Å². The minimum Gasteiger partial charge on any atom is -0.310 e. The van der Waals surface area contributed by atoms with Crippen LogP contribution in [0.15, 0.2) is 121 Å². The van der Waals surface area contributed by atoms with Crippen LogP contribution in [-0.4, -0.2) is 0 Å². The first-order valence-corrected chi connectivity index (χ1v) is 14.6. The van der Waals surface area contributed by atoms with Crippen molar-refractivity contribution in [2.24, 2.45) is 11.8 Å². The van der Waals surface area contributed by atoms with E-state index in [4.69, 9.17) is 0 Å². The van der Waals surface area contributed by atoms with Crippen molar-refractivity contribution in [3.63, 3.8) is 0 Å². The molecule has 3 aliphatic rings. The largest absolute Gasteiger partial charge is 0.310 e. The third-order valence-corrected chi connectivity index (χ3v) is 9.59. The van der Waals surface area contributed by atoms with Crippen molar-refractivity contribution in [3.05, 3.63) is 138 Å². The molecule has 2 saturated carbocycles. The van der Waals surface area contributed by atoms with Gasteiger partial charge in [0.15, 0.2) is 0 Å². The molecule has 3 unspecified atom stereocenters. The van der Waals surface area contributed by atoms with E-state index in [-0.39, 0.29) is 0 Å². The first kappa shape index (κ1) is 22.8. The molecule has 2 fully saturated rings. The maximum absolute atomic E-state index is 2.43. The van der Waals surface area contributed by atoms with Crippen LogP contribution in [0.25, 0.3) is 22.3 Å². The molecule has 0 heterocycles. The average Bonchev–Trinajstić information content (AvgIpc) is 3.73. The highest BCUT2D eigenvalue weighted by molar-refractivity contribution is 5.83. The molecular weight excluding hydrogens is 470 g/mol. The summed E-state index contributed by atoms with van der Waals surface area (Å²) in [4.78, 5) is 2.43. The van der Waals surface area contributed by atoms with Gasteiger partial charge in [-0.2, -0.15) is 0 Å². The Labute approximate surface area is 231 Å². The SMILES string of the molecule is c1ccc(-c2ccc(N(c3ccc(C4CC5CCC4C5)cc3)c3ccc4c(c3)Cc3ccccc3-4)cc2)cc1. The van der Waals surface area contributed by atoms with Gasteiger partial charge in [-0.25, -0.2) is 0 Å². The fourth-order valence-corrected chi connectivity index (χ4v) is 7.67. The van der Waals surface area contributed by atoms with Crippen LogP contribution in [0.2, 0.25) is 0 Å². The molecule has 3 aliphatic carbocycles. The van der Waals surface area contributed by atoms with Crippen molar-refractivity contribution in [1.82, 2.24) is 0 Å². The molecule has 8 rings (SSSR count). The van der Waals surface area contributed by atoms with Crippen LogP contribution in [0.5, 0.6) is 0 Å². The molecule has 190 valence electrons. The van der Waals surface area contributed by atoms with Gasteiger partial charge in [0.05, 0.1) is 0 Å². The van der Waals surface area contributed by atoms with Gasteiger partial charge in [0.25, 0.3) is 0 Å². The van der Waals surface area contributed by atoms with Gasteiger partial charge in [-0.15, -0.1) is 0 Å². The predicted molar refractivity (Wildman–Crippen MR) is 163 cm³/mol. The van der Waals surface area contributed by atoms with Crippen LogP contribution in [0.3, 0.4) is 0 Å². The van der Waals surface area contributed by atoms with E-state index >= 15 is 0 Å². The average molecular weight is 504 g/mol. The molecular formula is C38H33N. The molecule has 3 atom stereocenters. The Morgan fingerprint density at radius 3 is 1.92 bits per heavy atom. The highest BCUT2D eigenvalue weighted by Gasteiger charge is 2.40. The first-order chi connectivity index (χ1) is 19.3. The number of hydrogen-bond acceptors (Lipinski definition) is 1. The number of hydrogen-bond donors (Lipinski definition) is 0. The summed E-state index contributed by atoms with van der Waals surface area (Å²) in [7, 11) is 0. The van der Waals surface area contributed by atoms with E-state index in [0.29, 0.717) is 0 Å². The zero-order valence-corrected chi connectivity index (χ0v) is 22.3. The zero-order chi connectivity index (χ0) is 25.8. The van der Waals surface area contributed by atoms with E-state index in [2.05, 4.69) is 126 Å². The maximum atomic E-state index is 2.43. The van der Waals surface area contributed by atoms with Crippen molar-refractivity contribution < 1.29 is 0 Å². The standard InChI is InChI=1S/C38H33N/c1-2-6-27(7-3-1)28-12-16-33(17-13-28)39(34-18-14-29(15-19-34)38-23-26-10-11-31(38)22-26)35-20-21-37-32(25-35)24-30-8-4-5-9-36(30)37/h1-9,12-21,25-26,31,38H,10-11,22-24H2. The lowest BCUT2D eigenvalue weighted by Gasteiger charge is -2.27. The summed E-state index contributed by atoms with van der Waals surface area (Å²) in [5, 5.41) is 0. The zero-order valence-electron chi connectivity index (χ0n) is 22.3. The number of nitrogens with zero attached hydrogens (tertiary/aromatic N) is 1. The minimum atomic E-state index is 0.759. The third kappa shape index (κ3) is 4.00. The summed E-state index contributed by atoms with van der Waals surface area (Å²) in [6, 6.07) is 45.1. The summed E-state index contributed by atoms with van der Waals surface area (Å²) < 4.78 is 0. The van der Waals surface area contributed by atoms with E-state index in [9.17, 15) is 0 Å². The summed E-state index contributed by atoms with van der Waals surface area (Å²) >= 11 is 0. The highest BCUT2D eigenvalue weighted by atomic mass is 15.1. The fraction of sp³-hybridized carbons (Fsp3) is 0.211. The van der Waals surface area contributed by atoms with Gasteiger partial charge in [-0.05, 0) is 119 Å². The second kappa shape index (κ2) is 9.27. The first-order valence-electron chi connectivity index (χ1n) is 14.6. The Morgan fingerprint density at radius 1 is 0.513 bits per heavy atom. The molecule has 0 spiro atoms. The molecule has 2 bridgehead atoms. The molecule has 1 heteroatoms. The summed E-state index contributed by atoms with van der Waals surface area (Å²) in [6.07, 6.45) is 6.72. The van der Waals surface area contributed by atoms with Crippen LogP contribution in [0.1, 0.15) is 48.3 Å². The smallest absolute Gasteiger partial charge is 0.0464 e. The molecule has 0 amide bonds. The topological polar surface area (TPSA) is 3.24 Å². The van der Waals surface area contributed by atoms with Crippen LogP contribution in [-0.2, 0) is 6.42 Å². The number of fused-ring (bicyclic) bond motifs is 5. The Morgan fingerprint density at radius 2 is 1.18 bits per heavy atom. The van der Waals surface area contributed by atoms with Gasteiger partial charge < -0.3 is 4.90 Å². The van der Waals surface area contributed by atoms with Crippen LogP contribution in [0.4, 0.5) is 17.1 Å². The van der Waals surface area contributed by atoms with Gasteiger partial charge in [-0.1, -0.05) is 91.3 Å². The molecule has 0 aromatic heterocycles. The maximum Gasteiger partial charge on any atom is 0.0464 e. The number of anilines is 3. The fourth-order valence-electron chi connectivity index (χ4n) is 7.67. The van der Waals surface area contributed by atoms with Gasteiger partial charge in [-0.3, -0.25) is 0 Å². The monoisotopic (exact) mass is 503 g/mol.